The van der Waals surface area contributed by atoms with Crippen molar-refractivity contribution in [2.45, 2.75) is 12.5 Å². The van der Waals surface area contributed by atoms with Crippen molar-refractivity contribution in [3.63, 3.8) is 0 Å². The van der Waals surface area contributed by atoms with Crippen LogP contribution in [0.15, 0.2) is 48.0 Å². The molecule has 3 rings (SSSR count). The van der Waals surface area contributed by atoms with Crippen LogP contribution in [0.5, 0.6) is 0 Å². The summed E-state index contributed by atoms with van der Waals surface area (Å²) in [5, 5.41) is 7.19. The number of nitrogens with zero attached hydrogens (tertiary/aromatic N) is 3. The van der Waals surface area contributed by atoms with Gasteiger partial charge in [0, 0.05) is 31.7 Å². The predicted molar refractivity (Wildman–Crippen MR) is 113 cm³/mol. The number of halogens is 2. The lowest BCUT2D eigenvalue weighted by Crippen LogP contribution is -2.31. The highest BCUT2D eigenvalue weighted by Gasteiger charge is 2.20. The molecule has 1 unspecified atom stereocenters. The van der Waals surface area contributed by atoms with Gasteiger partial charge in [-0.15, -0.1) is 11.3 Å². The van der Waals surface area contributed by atoms with Gasteiger partial charge >= 0.3 is 0 Å². The molecule has 0 saturated carbocycles. The van der Waals surface area contributed by atoms with E-state index in [4.69, 9.17) is 27.9 Å². The highest BCUT2D eigenvalue weighted by atomic mass is 35.5. The van der Waals surface area contributed by atoms with Crippen LogP contribution in [0.4, 0.5) is 0 Å². The molecule has 0 saturated heterocycles. The van der Waals surface area contributed by atoms with Crippen molar-refractivity contribution in [1.29, 1.82) is 0 Å². The molecule has 5 nitrogen and oxygen atoms in total. The van der Waals surface area contributed by atoms with Crippen LogP contribution in [0.25, 0.3) is 0 Å². The van der Waals surface area contributed by atoms with Gasteiger partial charge < -0.3 is 9.64 Å². The fraction of sp³-hybridized carbons (Fsp3) is 0.300. The molecule has 0 bridgehead atoms. The molecule has 0 spiro atoms. The van der Waals surface area contributed by atoms with Crippen LogP contribution in [0, 0.1) is 0 Å². The molecule has 1 aromatic carbocycles. The highest BCUT2D eigenvalue weighted by Crippen LogP contribution is 2.29. The number of carbonyl (C=O) groups is 1. The molecule has 0 aliphatic carbocycles. The first-order chi connectivity index (χ1) is 13.5. The Hall–Kier alpha value is -1.86. The Kier molecular flexibility index (Phi) is 7.13. The second-order valence-corrected chi connectivity index (χ2v) is 8.18. The number of hydrogen-bond donors (Lipinski definition) is 0. The minimum Gasteiger partial charge on any atom is -0.364 e. The van der Waals surface area contributed by atoms with E-state index in [1.807, 2.05) is 41.4 Å². The Morgan fingerprint density at radius 2 is 2.11 bits per heavy atom. The lowest BCUT2D eigenvalue weighted by atomic mass is 10.1. The van der Waals surface area contributed by atoms with Crippen LogP contribution in [0.1, 0.15) is 22.2 Å². The lowest BCUT2D eigenvalue weighted by molar-refractivity contribution is -0.130. The molecular formula is C20H21Cl2N3O2S. The van der Waals surface area contributed by atoms with Crippen LogP contribution in [-0.2, 0) is 23.0 Å². The van der Waals surface area contributed by atoms with Crippen molar-refractivity contribution in [3.05, 3.63) is 74.2 Å². The minimum atomic E-state index is -0.203. The standard InChI is InChI=1S/C20H21Cl2N3O2S/c1-24(19(26)13-14-5-6-15(21)16(22)12-14)9-10-27-20(18-4-3-11-28-18)17-7-8-23-25(17)2/h3-8,11-12,20H,9-10,13H2,1-2H3. The van der Waals surface area contributed by atoms with Gasteiger partial charge in [0.1, 0.15) is 6.10 Å². The fourth-order valence-corrected chi connectivity index (χ4v) is 3.89. The topological polar surface area (TPSA) is 47.4 Å². The van der Waals surface area contributed by atoms with Crippen molar-refractivity contribution in [2.75, 3.05) is 20.2 Å². The molecule has 28 heavy (non-hydrogen) atoms. The number of likely N-dealkylation sites (N-methyl/N-ethyl adjacent to an activating group) is 1. The van der Waals surface area contributed by atoms with Gasteiger partial charge in [0.2, 0.25) is 5.91 Å². The number of carbonyl (C=O) groups excluding carboxylic acids is 1. The van der Waals surface area contributed by atoms with E-state index in [9.17, 15) is 4.79 Å². The van der Waals surface area contributed by atoms with E-state index in [0.29, 0.717) is 23.2 Å². The summed E-state index contributed by atoms with van der Waals surface area (Å²) in [7, 11) is 3.67. The van der Waals surface area contributed by atoms with E-state index in [2.05, 4.69) is 5.10 Å². The fourth-order valence-electron chi connectivity index (χ4n) is 2.79. The highest BCUT2D eigenvalue weighted by molar-refractivity contribution is 7.10. The van der Waals surface area contributed by atoms with Crippen molar-refractivity contribution >= 4 is 40.4 Å². The minimum absolute atomic E-state index is 0.00445. The molecular weight excluding hydrogens is 417 g/mol. The maximum absolute atomic E-state index is 12.5. The van der Waals surface area contributed by atoms with Gasteiger partial charge in [0.25, 0.3) is 0 Å². The second-order valence-electron chi connectivity index (χ2n) is 6.39. The molecule has 0 radical (unpaired) electrons. The normalized spacial score (nSPS) is 12.1. The van der Waals surface area contributed by atoms with E-state index >= 15 is 0 Å². The summed E-state index contributed by atoms with van der Waals surface area (Å²) in [5.41, 5.74) is 1.81. The summed E-state index contributed by atoms with van der Waals surface area (Å²) in [5.74, 6) is -0.00445. The van der Waals surface area contributed by atoms with Crippen molar-refractivity contribution in [2.24, 2.45) is 7.05 Å². The first-order valence-electron chi connectivity index (χ1n) is 8.76. The van der Waals surface area contributed by atoms with Gasteiger partial charge in [-0.1, -0.05) is 35.3 Å². The molecule has 8 heteroatoms. The number of benzene rings is 1. The number of amides is 1. The summed E-state index contributed by atoms with van der Waals surface area (Å²) >= 11 is 13.6. The molecule has 0 fully saturated rings. The van der Waals surface area contributed by atoms with Crippen molar-refractivity contribution in [3.8, 4) is 0 Å². The van der Waals surface area contributed by atoms with Gasteiger partial charge in [-0.2, -0.15) is 5.10 Å². The summed E-state index contributed by atoms with van der Waals surface area (Å²) in [6, 6.07) is 11.2. The van der Waals surface area contributed by atoms with Gasteiger partial charge in [0.05, 0.1) is 28.8 Å². The summed E-state index contributed by atoms with van der Waals surface area (Å²) in [4.78, 5) is 15.2. The van der Waals surface area contributed by atoms with Crippen molar-refractivity contribution < 1.29 is 9.53 Å². The average Bonchev–Trinajstić information content (AvgIpc) is 3.34. The summed E-state index contributed by atoms with van der Waals surface area (Å²) in [6.07, 6.45) is 1.82. The molecule has 0 N–H and O–H groups in total. The molecule has 0 aliphatic rings. The van der Waals surface area contributed by atoms with Gasteiger partial charge in [0.15, 0.2) is 0 Å². The second kappa shape index (κ2) is 9.56. The molecule has 2 heterocycles. The summed E-state index contributed by atoms with van der Waals surface area (Å²) in [6.45, 7) is 0.900. The Morgan fingerprint density at radius 3 is 2.75 bits per heavy atom. The number of ether oxygens (including phenoxy) is 1. The van der Waals surface area contributed by atoms with E-state index in [0.717, 1.165) is 16.1 Å². The number of rotatable bonds is 8. The maximum atomic E-state index is 12.5. The van der Waals surface area contributed by atoms with Crippen molar-refractivity contribution in [1.82, 2.24) is 14.7 Å². The van der Waals surface area contributed by atoms with Gasteiger partial charge in [-0.25, -0.2) is 0 Å². The molecule has 0 aliphatic heterocycles. The molecule has 148 valence electrons. The van der Waals surface area contributed by atoms with Crippen LogP contribution in [0.3, 0.4) is 0 Å². The molecule has 1 amide bonds. The number of thiophene rings is 1. The zero-order valence-electron chi connectivity index (χ0n) is 15.6. The van der Waals surface area contributed by atoms with Crippen LogP contribution < -0.4 is 0 Å². The Morgan fingerprint density at radius 1 is 1.29 bits per heavy atom. The molecule has 2 aromatic heterocycles. The first kappa shape index (κ1) is 20.9. The SMILES string of the molecule is CN(CCOC(c1cccs1)c1ccnn1C)C(=O)Cc1ccc(Cl)c(Cl)c1. The van der Waals surface area contributed by atoms with Gasteiger partial charge in [-0.3, -0.25) is 9.48 Å². The van der Waals surface area contributed by atoms with Crippen LogP contribution in [0.2, 0.25) is 10.0 Å². The Labute approximate surface area is 178 Å². The zero-order valence-corrected chi connectivity index (χ0v) is 18.0. The lowest BCUT2D eigenvalue weighted by Gasteiger charge is -2.21. The van der Waals surface area contributed by atoms with Crippen LogP contribution >= 0.6 is 34.5 Å². The zero-order chi connectivity index (χ0) is 20.1. The maximum Gasteiger partial charge on any atom is 0.226 e. The third-order valence-electron chi connectivity index (χ3n) is 4.41. The molecule has 3 aromatic rings. The largest absolute Gasteiger partial charge is 0.364 e. The Balaban J connectivity index is 1.57. The van der Waals surface area contributed by atoms with E-state index in [-0.39, 0.29) is 18.4 Å². The smallest absolute Gasteiger partial charge is 0.226 e. The first-order valence-corrected chi connectivity index (χ1v) is 10.4. The third-order valence-corrected chi connectivity index (χ3v) is 6.06. The number of aromatic nitrogens is 2. The van der Waals surface area contributed by atoms with Gasteiger partial charge in [-0.05, 0) is 35.2 Å². The molecule has 1 atom stereocenters. The number of hydrogen-bond acceptors (Lipinski definition) is 4. The number of aryl methyl sites for hydroxylation is 1. The third kappa shape index (κ3) is 5.14. The average molecular weight is 438 g/mol. The Bertz CT molecular complexity index is 927. The van der Waals surface area contributed by atoms with Crippen LogP contribution in [-0.4, -0.2) is 40.8 Å². The van der Waals surface area contributed by atoms with E-state index in [1.165, 1.54) is 0 Å². The predicted octanol–water partition coefficient (Wildman–Crippen LogP) is 4.60. The van der Waals surface area contributed by atoms with E-state index in [1.54, 1.807) is 41.6 Å². The van der Waals surface area contributed by atoms with E-state index < -0.39 is 0 Å². The quantitative estimate of drug-likeness (QED) is 0.517. The monoisotopic (exact) mass is 437 g/mol. The summed E-state index contributed by atoms with van der Waals surface area (Å²) < 4.78 is 7.94.